The molecule has 11 heteroatoms. The van der Waals surface area contributed by atoms with Gasteiger partial charge in [-0.15, -0.1) is 0 Å². The lowest BCUT2D eigenvalue weighted by Gasteiger charge is -2.31. The highest BCUT2D eigenvalue weighted by atomic mass is 16.6. The summed E-state index contributed by atoms with van der Waals surface area (Å²) in [6.45, 7) is 7.76. The third-order valence-corrected chi connectivity index (χ3v) is 5.91. The van der Waals surface area contributed by atoms with Gasteiger partial charge in [-0.05, 0) is 42.6 Å². The predicted octanol–water partition coefficient (Wildman–Crippen LogP) is 2.31. The minimum absolute atomic E-state index is 0.129. The number of hydrogen-bond donors (Lipinski definition) is 3. The fourth-order valence-electron chi connectivity index (χ4n) is 4.22. The van der Waals surface area contributed by atoms with Crippen molar-refractivity contribution in [2.24, 2.45) is 0 Å². The second-order valence-corrected chi connectivity index (χ2v) is 9.23. The average Bonchev–Trinajstić information content (AvgIpc) is 3.49. The maximum atomic E-state index is 10.2. The first-order chi connectivity index (χ1) is 17.8. The van der Waals surface area contributed by atoms with E-state index in [1.54, 1.807) is 13.8 Å². The van der Waals surface area contributed by atoms with Gasteiger partial charge in [-0.2, -0.15) is 0 Å². The molecule has 11 nitrogen and oxygen atoms in total. The van der Waals surface area contributed by atoms with Crippen LogP contribution in [0.25, 0.3) is 22.6 Å². The van der Waals surface area contributed by atoms with Crippen molar-refractivity contribution in [1.82, 2.24) is 30.2 Å². The number of nitrogens with one attached hydrogen (secondary N) is 1. The number of aliphatic hydroxyl groups is 1. The lowest BCUT2D eigenvalue weighted by molar-refractivity contribution is -0.0445. The van der Waals surface area contributed by atoms with Gasteiger partial charge in [-0.25, -0.2) is 14.6 Å². The lowest BCUT2D eigenvalue weighted by Crippen LogP contribution is -2.43. The number of benzene rings is 1. The molecule has 5 rings (SSSR count). The highest BCUT2D eigenvalue weighted by molar-refractivity contribution is 5.86. The average molecular weight is 504 g/mol. The maximum absolute atomic E-state index is 10.2. The first-order valence-electron chi connectivity index (χ1n) is 12.1. The zero-order valence-electron chi connectivity index (χ0n) is 20.9. The number of imidazole rings is 1. The summed E-state index contributed by atoms with van der Waals surface area (Å²) < 4.78 is 19.3. The minimum atomic E-state index is -1.23. The normalized spacial score (nSPS) is 16.8. The molecule has 1 unspecified atom stereocenters. The largest absolute Gasteiger partial charge is 0.467 e. The zero-order chi connectivity index (χ0) is 26.0. The molecule has 3 aromatic heterocycles. The van der Waals surface area contributed by atoms with E-state index >= 15 is 0 Å². The quantitative estimate of drug-likeness (QED) is 0.335. The van der Waals surface area contributed by atoms with Crippen LogP contribution in [0.3, 0.4) is 0 Å². The number of nitrogens with zero attached hydrogens (tertiary/aromatic N) is 5. The van der Waals surface area contributed by atoms with Gasteiger partial charge in [-0.1, -0.05) is 36.3 Å². The van der Waals surface area contributed by atoms with E-state index in [0.29, 0.717) is 48.3 Å². The van der Waals surface area contributed by atoms with Gasteiger partial charge >= 0.3 is 0 Å². The van der Waals surface area contributed by atoms with Crippen molar-refractivity contribution < 1.29 is 19.2 Å². The molecule has 37 heavy (non-hydrogen) atoms. The van der Waals surface area contributed by atoms with Gasteiger partial charge < -0.3 is 30.2 Å². The molecule has 1 saturated heterocycles. The number of nitrogen functional groups attached to an aromatic ring is 1. The van der Waals surface area contributed by atoms with E-state index in [1.165, 1.54) is 0 Å². The molecule has 192 valence electrons. The Bertz CT molecular complexity index is 1440. The highest BCUT2D eigenvalue weighted by Gasteiger charge is 2.29. The van der Waals surface area contributed by atoms with Crippen LogP contribution in [0, 0.1) is 11.8 Å². The van der Waals surface area contributed by atoms with Crippen LogP contribution < -0.4 is 15.8 Å². The zero-order valence-corrected chi connectivity index (χ0v) is 20.9. The number of anilines is 1. The number of rotatable bonds is 6. The number of aromatic nitrogens is 5. The van der Waals surface area contributed by atoms with Crippen molar-refractivity contribution >= 4 is 16.9 Å². The molecule has 4 aromatic rings. The van der Waals surface area contributed by atoms with Crippen molar-refractivity contribution in [3.8, 4) is 29.2 Å². The first kappa shape index (κ1) is 24.7. The molecule has 1 aliphatic rings. The number of pyridine rings is 1. The summed E-state index contributed by atoms with van der Waals surface area (Å²) in [5, 5.41) is 21.2. The number of nitrogens with two attached hydrogens (primary N) is 1. The summed E-state index contributed by atoms with van der Waals surface area (Å²) >= 11 is 0. The van der Waals surface area contributed by atoms with Gasteiger partial charge in [-0.3, -0.25) is 0 Å². The van der Waals surface area contributed by atoms with Gasteiger partial charge in [0.1, 0.15) is 22.9 Å². The molecule has 0 bridgehead atoms. The molecule has 1 fully saturated rings. The second-order valence-electron chi connectivity index (χ2n) is 9.23. The topological polar surface area (TPSA) is 146 Å². The summed E-state index contributed by atoms with van der Waals surface area (Å²) in [6, 6.07) is 11.7. The third-order valence-electron chi connectivity index (χ3n) is 5.91. The molecule has 0 aliphatic carbocycles. The van der Waals surface area contributed by atoms with E-state index in [-0.39, 0.29) is 11.9 Å². The highest BCUT2D eigenvalue weighted by Crippen LogP contribution is 2.32. The fourth-order valence-corrected chi connectivity index (χ4v) is 4.22. The lowest BCUT2D eigenvalue weighted by atomic mass is 10.0. The van der Waals surface area contributed by atoms with Crippen LogP contribution in [0.15, 0.2) is 41.0 Å². The molecule has 0 spiro atoms. The van der Waals surface area contributed by atoms with E-state index in [1.807, 2.05) is 47.9 Å². The van der Waals surface area contributed by atoms with Crippen LogP contribution in [-0.4, -0.2) is 61.4 Å². The summed E-state index contributed by atoms with van der Waals surface area (Å²) in [7, 11) is 0. The van der Waals surface area contributed by atoms with Crippen LogP contribution in [0.2, 0.25) is 0 Å². The Morgan fingerprint density at radius 3 is 2.73 bits per heavy atom. The number of ether oxygens (including phenoxy) is 2. The van der Waals surface area contributed by atoms with Gasteiger partial charge in [0.05, 0.1) is 12.1 Å². The number of morpholine rings is 1. The van der Waals surface area contributed by atoms with Gasteiger partial charge in [0, 0.05) is 25.7 Å². The Morgan fingerprint density at radius 1 is 1.27 bits per heavy atom. The summed E-state index contributed by atoms with van der Waals surface area (Å²) in [4.78, 5) is 9.45. The van der Waals surface area contributed by atoms with E-state index in [4.69, 9.17) is 29.8 Å². The molecular formula is C26H29N7O4. The summed E-state index contributed by atoms with van der Waals surface area (Å²) in [5.41, 5.74) is 7.64. The van der Waals surface area contributed by atoms with E-state index in [0.717, 1.165) is 17.6 Å². The standard InChI is InChI=1S/C26H29N7O4/c1-4-33-18-14-20(36-23(16-8-6-5-7-9-16)19-15-28-12-13-35-19)29-17(10-11-26(2,3)34)21(18)30-25(33)22-24(27)32-37-31-22/h5-9,14,19,23,28,34H,4,12-13,15H2,1-3H3,(H2,27,32)/t19?,23-/m1/s1. The minimum Gasteiger partial charge on any atom is -0.467 e. The van der Waals surface area contributed by atoms with Crippen molar-refractivity contribution in [1.29, 1.82) is 0 Å². The van der Waals surface area contributed by atoms with Crippen molar-refractivity contribution in [2.75, 3.05) is 25.4 Å². The molecule has 0 radical (unpaired) electrons. The Labute approximate surface area is 214 Å². The number of hydrogen-bond acceptors (Lipinski definition) is 10. The number of aryl methyl sites for hydroxylation is 1. The van der Waals surface area contributed by atoms with Gasteiger partial charge in [0.25, 0.3) is 0 Å². The fraction of sp³-hybridized carbons (Fsp3) is 0.385. The van der Waals surface area contributed by atoms with Crippen LogP contribution in [0.4, 0.5) is 5.82 Å². The van der Waals surface area contributed by atoms with Crippen LogP contribution in [-0.2, 0) is 11.3 Å². The van der Waals surface area contributed by atoms with E-state index in [2.05, 4.69) is 27.5 Å². The Morgan fingerprint density at radius 2 is 2.08 bits per heavy atom. The molecule has 0 amide bonds. The van der Waals surface area contributed by atoms with Gasteiger partial charge in [0.15, 0.2) is 23.4 Å². The Balaban J connectivity index is 1.66. The van der Waals surface area contributed by atoms with Gasteiger partial charge in [0.2, 0.25) is 5.88 Å². The van der Waals surface area contributed by atoms with Crippen LogP contribution >= 0.6 is 0 Å². The first-order valence-corrected chi connectivity index (χ1v) is 12.1. The maximum Gasteiger partial charge on any atom is 0.217 e. The van der Waals surface area contributed by atoms with Crippen molar-refractivity contribution in [3.63, 3.8) is 0 Å². The monoisotopic (exact) mass is 503 g/mol. The predicted molar refractivity (Wildman–Crippen MR) is 137 cm³/mol. The van der Waals surface area contributed by atoms with E-state index in [9.17, 15) is 5.11 Å². The molecule has 1 aromatic carbocycles. The molecule has 4 N–H and O–H groups in total. The van der Waals surface area contributed by atoms with Crippen LogP contribution in [0.5, 0.6) is 5.88 Å². The molecule has 1 aliphatic heterocycles. The Kier molecular flexibility index (Phi) is 6.80. The smallest absolute Gasteiger partial charge is 0.217 e. The summed E-state index contributed by atoms with van der Waals surface area (Å²) in [6.07, 6.45) is -0.630. The number of fused-ring (bicyclic) bond motifs is 1. The second kappa shape index (κ2) is 10.2. The molecule has 0 saturated carbocycles. The van der Waals surface area contributed by atoms with Crippen molar-refractivity contribution in [2.45, 2.75) is 45.1 Å². The van der Waals surface area contributed by atoms with Crippen LogP contribution in [0.1, 0.15) is 38.1 Å². The molecular weight excluding hydrogens is 474 g/mol. The van der Waals surface area contributed by atoms with Crippen molar-refractivity contribution in [3.05, 3.63) is 47.7 Å². The van der Waals surface area contributed by atoms with E-state index < -0.39 is 11.7 Å². The SMILES string of the molecule is CCn1c(-c2nonc2N)nc2c(C#CC(C)(C)O)nc(O[C@H](c3ccccc3)C3CNCCO3)cc21. The molecule has 4 heterocycles. The molecule has 2 atom stereocenters. The summed E-state index contributed by atoms with van der Waals surface area (Å²) in [5.74, 6) is 6.77. The Hall–Kier alpha value is -3.98. The third kappa shape index (κ3) is 5.27.